The van der Waals surface area contributed by atoms with Crippen LogP contribution in [0.4, 0.5) is 16.2 Å². The molecule has 0 bridgehead atoms. The lowest BCUT2D eigenvalue weighted by molar-refractivity contribution is -0.138. The van der Waals surface area contributed by atoms with Gasteiger partial charge in [-0.15, -0.1) is 0 Å². The Morgan fingerprint density at radius 3 is 2.46 bits per heavy atom. The standard InChI is InChI=1S/C20H30N4O2/c1-23(2)18(25)20(10-3-4-11-20)15-21-19(26)22-16-8-7-9-17(14-16)24-12-5-6-13-24/h7-9,14H,3-6,10-13,15H2,1-2H3,(H2,21,22,26). The predicted octanol–water partition coefficient (Wildman–Crippen LogP) is 3.06. The molecule has 6 heteroatoms. The van der Waals surface area contributed by atoms with Gasteiger partial charge in [0.25, 0.3) is 0 Å². The Balaban J connectivity index is 1.58. The lowest BCUT2D eigenvalue weighted by Crippen LogP contribution is -2.47. The average molecular weight is 358 g/mol. The molecule has 3 amide bonds. The van der Waals surface area contributed by atoms with Gasteiger partial charge in [0, 0.05) is 45.1 Å². The smallest absolute Gasteiger partial charge is 0.319 e. The summed E-state index contributed by atoms with van der Waals surface area (Å²) in [6.07, 6.45) is 6.21. The lowest BCUT2D eigenvalue weighted by Gasteiger charge is -2.30. The first-order chi connectivity index (χ1) is 12.5. The number of anilines is 2. The number of hydrogen-bond acceptors (Lipinski definition) is 3. The minimum Gasteiger partial charge on any atom is -0.371 e. The largest absolute Gasteiger partial charge is 0.371 e. The van der Waals surface area contributed by atoms with Crippen LogP contribution in [0.25, 0.3) is 0 Å². The summed E-state index contributed by atoms with van der Waals surface area (Å²) >= 11 is 0. The minimum absolute atomic E-state index is 0.117. The van der Waals surface area contributed by atoms with E-state index < -0.39 is 5.41 Å². The second-order valence-corrected chi connectivity index (χ2v) is 7.74. The van der Waals surface area contributed by atoms with E-state index >= 15 is 0 Å². The molecule has 6 nitrogen and oxygen atoms in total. The molecule has 3 rings (SSSR count). The van der Waals surface area contributed by atoms with Crippen molar-refractivity contribution in [2.75, 3.05) is 43.9 Å². The van der Waals surface area contributed by atoms with Gasteiger partial charge in [0.15, 0.2) is 0 Å². The fourth-order valence-electron chi connectivity index (χ4n) is 4.17. The summed E-state index contributed by atoms with van der Waals surface area (Å²) in [5, 5.41) is 5.84. The number of benzene rings is 1. The van der Waals surface area contributed by atoms with Gasteiger partial charge < -0.3 is 20.4 Å². The van der Waals surface area contributed by atoms with Crippen molar-refractivity contribution in [3.8, 4) is 0 Å². The number of nitrogens with zero attached hydrogens (tertiary/aromatic N) is 2. The van der Waals surface area contributed by atoms with E-state index in [0.29, 0.717) is 6.54 Å². The highest BCUT2D eigenvalue weighted by Gasteiger charge is 2.42. The van der Waals surface area contributed by atoms with Gasteiger partial charge in [0.2, 0.25) is 5.91 Å². The molecule has 2 aliphatic rings. The van der Waals surface area contributed by atoms with Crippen LogP contribution in [0, 0.1) is 5.41 Å². The van der Waals surface area contributed by atoms with Crippen LogP contribution >= 0.6 is 0 Å². The summed E-state index contributed by atoms with van der Waals surface area (Å²) in [6.45, 7) is 2.54. The van der Waals surface area contributed by atoms with E-state index in [9.17, 15) is 9.59 Å². The fourth-order valence-corrected chi connectivity index (χ4v) is 4.17. The molecular formula is C20H30N4O2. The maximum Gasteiger partial charge on any atom is 0.319 e. The minimum atomic E-state index is -0.446. The van der Waals surface area contributed by atoms with E-state index in [0.717, 1.165) is 50.1 Å². The molecule has 26 heavy (non-hydrogen) atoms. The number of urea groups is 1. The molecule has 2 N–H and O–H groups in total. The molecule has 1 saturated heterocycles. The summed E-state index contributed by atoms with van der Waals surface area (Å²) < 4.78 is 0. The van der Waals surface area contributed by atoms with Crippen LogP contribution in [0.15, 0.2) is 24.3 Å². The Labute approximate surface area is 155 Å². The normalized spacial score (nSPS) is 18.6. The van der Waals surface area contributed by atoms with E-state index in [4.69, 9.17) is 0 Å². The lowest BCUT2D eigenvalue weighted by atomic mass is 9.84. The van der Waals surface area contributed by atoms with Gasteiger partial charge >= 0.3 is 6.03 Å². The van der Waals surface area contributed by atoms with Crippen molar-refractivity contribution in [2.45, 2.75) is 38.5 Å². The first-order valence-electron chi connectivity index (χ1n) is 9.62. The quantitative estimate of drug-likeness (QED) is 0.850. The molecule has 1 heterocycles. The number of nitrogens with one attached hydrogen (secondary N) is 2. The summed E-state index contributed by atoms with van der Waals surface area (Å²) in [5.74, 6) is 0.117. The van der Waals surface area contributed by atoms with Crippen LogP contribution < -0.4 is 15.5 Å². The third kappa shape index (κ3) is 4.11. The molecule has 142 valence electrons. The van der Waals surface area contributed by atoms with Crippen LogP contribution in [0.3, 0.4) is 0 Å². The zero-order valence-corrected chi connectivity index (χ0v) is 15.9. The van der Waals surface area contributed by atoms with Crippen molar-refractivity contribution in [1.82, 2.24) is 10.2 Å². The highest BCUT2D eigenvalue weighted by molar-refractivity contribution is 5.91. The zero-order valence-electron chi connectivity index (χ0n) is 15.9. The van der Waals surface area contributed by atoms with Crippen LogP contribution in [0.5, 0.6) is 0 Å². The molecule has 0 atom stereocenters. The zero-order chi connectivity index (χ0) is 18.6. The molecule has 1 aromatic carbocycles. The summed E-state index contributed by atoms with van der Waals surface area (Å²) in [6, 6.07) is 7.72. The molecule has 0 spiro atoms. The number of hydrogen-bond donors (Lipinski definition) is 2. The molecule has 1 aromatic rings. The van der Waals surface area contributed by atoms with Crippen LogP contribution in [0.2, 0.25) is 0 Å². The van der Waals surface area contributed by atoms with E-state index in [-0.39, 0.29) is 11.9 Å². The first kappa shape index (κ1) is 18.5. The fraction of sp³-hybridized carbons (Fsp3) is 0.600. The van der Waals surface area contributed by atoms with Gasteiger partial charge in [-0.05, 0) is 43.9 Å². The highest BCUT2D eigenvalue weighted by atomic mass is 16.2. The number of amides is 3. The van der Waals surface area contributed by atoms with Crippen LogP contribution in [-0.2, 0) is 4.79 Å². The Kier molecular flexibility index (Phi) is 5.69. The van der Waals surface area contributed by atoms with E-state index in [1.165, 1.54) is 12.8 Å². The second kappa shape index (κ2) is 7.98. The maximum atomic E-state index is 12.6. The number of carbonyl (C=O) groups excluding carboxylic acids is 2. The molecule has 1 saturated carbocycles. The molecule has 0 unspecified atom stereocenters. The molecule has 1 aliphatic carbocycles. The molecule has 0 radical (unpaired) electrons. The monoisotopic (exact) mass is 358 g/mol. The average Bonchev–Trinajstić information content (AvgIpc) is 3.32. The Bertz CT molecular complexity index is 647. The van der Waals surface area contributed by atoms with Crippen LogP contribution in [-0.4, -0.2) is 50.6 Å². The van der Waals surface area contributed by atoms with Crippen molar-refractivity contribution in [1.29, 1.82) is 0 Å². The van der Waals surface area contributed by atoms with Gasteiger partial charge in [-0.1, -0.05) is 18.9 Å². The maximum absolute atomic E-state index is 12.6. The van der Waals surface area contributed by atoms with Crippen LogP contribution in [0.1, 0.15) is 38.5 Å². The van der Waals surface area contributed by atoms with Gasteiger partial charge in [-0.2, -0.15) is 0 Å². The SMILES string of the molecule is CN(C)C(=O)C1(CNC(=O)Nc2cccc(N3CCCC3)c2)CCCC1. The topological polar surface area (TPSA) is 64.7 Å². The third-order valence-electron chi connectivity index (χ3n) is 5.58. The van der Waals surface area contributed by atoms with Crippen molar-refractivity contribution in [2.24, 2.45) is 5.41 Å². The highest BCUT2D eigenvalue weighted by Crippen LogP contribution is 2.39. The Morgan fingerprint density at radius 2 is 1.81 bits per heavy atom. The molecular weight excluding hydrogens is 328 g/mol. The Hall–Kier alpha value is -2.24. The van der Waals surface area contributed by atoms with Gasteiger partial charge in [-0.3, -0.25) is 4.79 Å². The second-order valence-electron chi connectivity index (χ2n) is 7.74. The van der Waals surface area contributed by atoms with Crippen molar-refractivity contribution in [3.05, 3.63) is 24.3 Å². The van der Waals surface area contributed by atoms with E-state index in [1.54, 1.807) is 19.0 Å². The molecule has 0 aromatic heterocycles. The third-order valence-corrected chi connectivity index (χ3v) is 5.58. The summed E-state index contributed by atoms with van der Waals surface area (Å²) in [4.78, 5) is 28.9. The van der Waals surface area contributed by atoms with Gasteiger partial charge in [0.05, 0.1) is 5.41 Å². The Morgan fingerprint density at radius 1 is 1.12 bits per heavy atom. The summed E-state index contributed by atoms with van der Waals surface area (Å²) in [5.41, 5.74) is 1.49. The van der Waals surface area contributed by atoms with E-state index in [1.807, 2.05) is 18.2 Å². The summed E-state index contributed by atoms with van der Waals surface area (Å²) in [7, 11) is 3.57. The van der Waals surface area contributed by atoms with Crippen molar-refractivity contribution >= 4 is 23.3 Å². The predicted molar refractivity (Wildman–Crippen MR) is 105 cm³/mol. The first-order valence-corrected chi connectivity index (χ1v) is 9.62. The van der Waals surface area contributed by atoms with Crippen molar-refractivity contribution < 1.29 is 9.59 Å². The van der Waals surface area contributed by atoms with Gasteiger partial charge in [0.1, 0.15) is 0 Å². The van der Waals surface area contributed by atoms with E-state index in [2.05, 4.69) is 21.6 Å². The number of carbonyl (C=O) groups is 2. The van der Waals surface area contributed by atoms with Gasteiger partial charge in [-0.25, -0.2) is 4.79 Å². The molecule has 2 fully saturated rings. The van der Waals surface area contributed by atoms with Crippen molar-refractivity contribution in [3.63, 3.8) is 0 Å². The molecule has 1 aliphatic heterocycles. The number of rotatable bonds is 5.